The predicted octanol–water partition coefficient (Wildman–Crippen LogP) is 3.88. The van der Waals surface area contributed by atoms with E-state index in [-0.39, 0.29) is 6.04 Å². The summed E-state index contributed by atoms with van der Waals surface area (Å²) in [6.07, 6.45) is 0. The molecule has 1 atom stereocenters. The van der Waals surface area contributed by atoms with E-state index in [0.29, 0.717) is 0 Å². The van der Waals surface area contributed by atoms with Crippen LogP contribution in [0.2, 0.25) is 0 Å². The smallest absolute Gasteiger partial charge is 0.125 e. The van der Waals surface area contributed by atoms with Crippen molar-refractivity contribution in [1.82, 2.24) is 0 Å². The van der Waals surface area contributed by atoms with Crippen molar-refractivity contribution in [2.45, 2.75) is 13.0 Å². The highest BCUT2D eigenvalue weighted by molar-refractivity contribution is 9.10. The van der Waals surface area contributed by atoms with Gasteiger partial charge in [0, 0.05) is 19.8 Å². The molecule has 1 unspecified atom stereocenters. The van der Waals surface area contributed by atoms with Crippen molar-refractivity contribution in [2.24, 2.45) is 5.73 Å². The highest BCUT2D eigenvalue weighted by atomic mass is 79.9. The van der Waals surface area contributed by atoms with Crippen molar-refractivity contribution < 1.29 is 4.74 Å². The topological polar surface area (TPSA) is 35.2 Å². The summed E-state index contributed by atoms with van der Waals surface area (Å²) in [5, 5.41) is 0. The fraction of sp³-hybridized carbons (Fsp3) is 0.231. The van der Waals surface area contributed by atoms with Crippen LogP contribution in [0.4, 0.5) is 0 Å². The van der Waals surface area contributed by atoms with Gasteiger partial charge in [-0.2, -0.15) is 0 Å². The van der Waals surface area contributed by atoms with E-state index in [9.17, 15) is 0 Å². The van der Waals surface area contributed by atoms with Crippen molar-refractivity contribution >= 4 is 27.3 Å². The molecule has 0 radical (unpaired) electrons. The molecule has 0 amide bonds. The third kappa shape index (κ3) is 2.70. The Balaban J connectivity index is 2.39. The summed E-state index contributed by atoms with van der Waals surface area (Å²) >= 11 is 5.15. The monoisotopic (exact) mass is 311 g/mol. The number of thiophene rings is 1. The van der Waals surface area contributed by atoms with Gasteiger partial charge in [0.2, 0.25) is 0 Å². The van der Waals surface area contributed by atoms with Crippen molar-refractivity contribution in [3.63, 3.8) is 0 Å². The maximum Gasteiger partial charge on any atom is 0.125 e. The number of methoxy groups -OCH3 is 1. The van der Waals surface area contributed by atoms with E-state index in [1.165, 1.54) is 4.88 Å². The average molecular weight is 312 g/mol. The number of aryl methyl sites for hydroxylation is 1. The molecule has 1 heterocycles. The zero-order valence-corrected chi connectivity index (χ0v) is 12.1. The fourth-order valence-corrected chi connectivity index (χ4v) is 2.95. The lowest BCUT2D eigenvalue weighted by molar-refractivity contribution is 0.407. The van der Waals surface area contributed by atoms with Crippen LogP contribution in [0.5, 0.6) is 5.75 Å². The van der Waals surface area contributed by atoms with Crippen molar-refractivity contribution in [2.75, 3.05) is 7.11 Å². The number of hydrogen-bond donors (Lipinski definition) is 1. The first-order chi connectivity index (χ1) is 8.11. The molecule has 0 aliphatic rings. The molecule has 0 fully saturated rings. The van der Waals surface area contributed by atoms with Gasteiger partial charge in [-0.1, -0.05) is 22.0 Å². The maximum absolute atomic E-state index is 6.27. The molecule has 0 saturated heterocycles. The minimum Gasteiger partial charge on any atom is -0.496 e. The molecule has 17 heavy (non-hydrogen) atoms. The molecule has 0 saturated carbocycles. The van der Waals surface area contributed by atoms with Crippen LogP contribution in [-0.2, 0) is 0 Å². The van der Waals surface area contributed by atoms with Crippen LogP contribution < -0.4 is 10.5 Å². The number of halogens is 1. The summed E-state index contributed by atoms with van der Waals surface area (Å²) in [7, 11) is 1.66. The summed E-state index contributed by atoms with van der Waals surface area (Å²) in [5.74, 6) is 0.818. The van der Waals surface area contributed by atoms with Crippen molar-refractivity contribution in [3.8, 4) is 5.75 Å². The van der Waals surface area contributed by atoms with E-state index in [4.69, 9.17) is 10.5 Å². The summed E-state index contributed by atoms with van der Waals surface area (Å²) in [4.78, 5) is 2.43. The lowest BCUT2D eigenvalue weighted by Gasteiger charge is -2.14. The van der Waals surface area contributed by atoms with E-state index in [2.05, 4.69) is 35.0 Å². The number of rotatable bonds is 3. The summed E-state index contributed by atoms with van der Waals surface area (Å²) < 4.78 is 6.36. The van der Waals surface area contributed by atoms with E-state index in [1.807, 2.05) is 18.2 Å². The third-order valence-corrected chi connectivity index (χ3v) is 4.18. The van der Waals surface area contributed by atoms with E-state index in [1.54, 1.807) is 18.4 Å². The van der Waals surface area contributed by atoms with Gasteiger partial charge >= 0.3 is 0 Å². The number of hydrogen-bond acceptors (Lipinski definition) is 3. The number of benzene rings is 1. The van der Waals surface area contributed by atoms with E-state index >= 15 is 0 Å². The zero-order chi connectivity index (χ0) is 12.4. The third-order valence-electron chi connectivity index (χ3n) is 2.60. The van der Waals surface area contributed by atoms with Crippen LogP contribution in [0.1, 0.15) is 21.4 Å². The van der Waals surface area contributed by atoms with Crippen LogP contribution in [0.3, 0.4) is 0 Å². The first-order valence-corrected chi connectivity index (χ1v) is 6.88. The average Bonchev–Trinajstić information content (AvgIpc) is 2.75. The Labute approximate surface area is 114 Å². The van der Waals surface area contributed by atoms with Crippen LogP contribution in [0.25, 0.3) is 0 Å². The van der Waals surface area contributed by atoms with Gasteiger partial charge in [0.1, 0.15) is 5.75 Å². The second-order valence-electron chi connectivity index (χ2n) is 3.81. The van der Waals surface area contributed by atoms with E-state index in [0.717, 1.165) is 20.7 Å². The number of nitrogens with two attached hydrogens (primary N) is 1. The predicted molar refractivity (Wildman–Crippen MR) is 75.8 cm³/mol. The lowest BCUT2D eigenvalue weighted by Crippen LogP contribution is -2.11. The van der Waals surface area contributed by atoms with Gasteiger partial charge in [-0.05, 0) is 31.2 Å². The van der Waals surface area contributed by atoms with Gasteiger partial charge in [-0.15, -0.1) is 11.3 Å². The molecule has 0 bridgehead atoms. The minimum atomic E-state index is -0.128. The Hall–Kier alpha value is -0.840. The Bertz CT molecular complexity index is 524. The molecule has 0 aliphatic heterocycles. The SMILES string of the molecule is COc1cc(Br)ccc1C(N)c1ccc(C)s1. The van der Waals surface area contributed by atoms with Crippen LogP contribution >= 0.6 is 27.3 Å². The Morgan fingerprint density at radius 2 is 2.06 bits per heavy atom. The van der Waals surface area contributed by atoms with Gasteiger partial charge in [-0.3, -0.25) is 0 Å². The fourth-order valence-electron chi connectivity index (χ4n) is 1.72. The van der Waals surface area contributed by atoms with Gasteiger partial charge in [0.25, 0.3) is 0 Å². The molecule has 0 aliphatic carbocycles. The first-order valence-electron chi connectivity index (χ1n) is 5.27. The first kappa shape index (κ1) is 12.6. The Morgan fingerprint density at radius 1 is 1.29 bits per heavy atom. The molecule has 2 N–H and O–H groups in total. The van der Waals surface area contributed by atoms with Crippen LogP contribution in [0, 0.1) is 6.92 Å². The van der Waals surface area contributed by atoms with Gasteiger partial charge in [0.15, 0.2) is 0 Å². The second kappa shape index (κ2) is 5.21. The molecular formula is C13H14BrNOS. The van der Waals surface area contributed by atoms with Crippen molar-refractivity contribution in [3.05, 3.63) is 50.1 Å². The standard InChI is InChI=1S/C13H14BrNOS/c1-8-3-6-12(17-8)13(15)10-5-4-9(14)7-11(10)16-2/h3-7,13H,15H2,1-2H3. The van der Waals surface area contributed by atoms with Crippen LogP contribution in [0.15, 0.2) is 34.8 Å². The molecule has 1 aromatic heterocycles. The van der Waals surface area contributed by atoms with Gasteiger partial charge in [-0.25, -0.2) is 0 Å². The quantitative estimate of drug-likeness (QED) is 0.933. The van der Waals surface area contributed by atoms with Gasteiger partial charge in [0.05, 0.1) is 13.2 Å². The Morgan fingerprint density at radius 3 is 2.65 bits per heavy atom. The molecule has 2 nitrogen and oxygen atoms in total. The zero-order valence-electron chi connectivity index (χ0n) is 9.74. The maximum atomic E-state index is 6.27. The van der Waals surface area contributed by atoms with Gasteiger partial charge < -0.3 is 10.5 Å². The summed E-state index contributed by atoms with van der Waals surface area (Å²) in [5.41, 5.74) is 7.28. The molecule has 1 aromatic carbocycles. The lowest BCUT2D eigenvalue weighted by atomic mass is 10.1. The summed E-state index contributed by atoms with van der Waals surface area (Å²) in [6, 6.07) is 9.96. The van der Waals surface area contributed by atoms with E-state index < -0.39 is 0 Å². The Kier molecular flexibility index (Phi) is 3.86. The normalized spacial score (nSPS) is 12.5. The number of ether oxygens (including phenoxy) is 1. The van der Waals surface area contributed by atoms with Crippen LogP contribution in [-0.4, -0.2) is 7.11 Å². The molecule has 90 valence electrons. The molecule has 2 aromatic rings. The highest BCUT2D eigenvalue weighted by Gasteiger charge is 2.15. The molecular weight excluding hydrogens is 298 g/mol. The second-order valence-corrected chi connectivity index (χ2v) is 6.05. The largest absolute Gasteiger partial charge is 0.496 e. The summed E-state index contributed by atoms with van der Waals surface area (Å²) in [6.45, 7) is 2.08. The highest BCUT2D eigenvalue weighted by Crippen LogP contribution is 2.33. The van der Waals surface area contributed by atoms with Crippen molar-refractivity contribution in [1.29, 1.82) is 0 Å². The molecule has 4 heteroatoms. The minimum absolute atomic E-state index is 0.128. The molecule has 0 spiro atoms. The molecule has 2 rings (SSSR count).